The van der Waals surface area contributed by atoms with E-state index >= 15 is 0 Å². The summed E-state index contributed by atoms with van der Waals surface area (Å²) >= 11 is 0.209. The molecule has 9 nitrogen and oxygen atoms in total. The van der Waals surface area contributed by atoms with E-state index in [1.807, 2.05) is 0 Å². The van der Waals surface area contributed by atoms with Crippen molar-refractivity contribution < 1.29 is 16.0 Å². The van der Waals surface area contributed by atoms with Gasteiger partial charge in [0.25, 0.3) is 0 Å². The number of nitrogens with zero attached hydrogens (tertiary/aromatic N) is 4. The average molecular weight is 601 g/mol. The number of anilines is 1. The molecular formula is C20H28BrN5O4Sn. The van der Waals surface area contributed by atoms with Crippen molar-refractivity contribution in [1.29, 1.82) is 5.26 Å². The molecule has 168 valence electrons. The van der Waals surface area contributed by atoms with E-state index in [2.05, 4.69) is 45.8 Å². The van der Waals surface area contributed by atoms with Gasteiger partial charge in [0, 0.05) is 0 Å². The molecule has 4 heterocycles. The standard InChI is InChI=1S/C12H10BrN5O4.2C4H9.Sn/c13-9-4(1-14)6-10(15)16-3-17-11(6)18(9)12-8(21)7(20)5(2-19)22-12;2*1-3-4-2;/h3,5,7-8,12,19H,2H2,(H2,15,16,17);2*1,3-4H2,2H3;/q-2;;;+2/t5-,7+,8+,12+;;;/m0.../s1. The van der Waals surface area contributed by atoms with Gasteiger partial charge in [0.2, 0.25) is 0 Å². The Morgan fingerprint density at radius 2 is 1.90 bits per heavy atom. The van der Waals surface area contributed by atoms with E-state index in [9.17, 15) is 10.4 Å². The minimum absolute atomic E-state index is 0.163. The van der Waals surface area contributed by atoms with Crippen molar-refractivity contribution in [2.24, 2.45) is 0 Å². The molecule has 2 aromatic rings. The predicted molar refractivity (Wildman–Crippen MR) is 120 cm³/mol. The van der Waals surface area contributed by atoms with Crippen LogP contribution in [0.2, 0.25) is 8.87 Å². The number of rotatable bonds is 8. The van der Waals surface area contributed by atoms with E-state index < -0.39 is 31.5 Å². The molecule has 0 amide bonds. The number of nitrogen functional groups attached to an aromatic ring is 1. The molecule has 0 aromatic carbocycles. The topological polar surface area (TPSA) is 128 Å². The number of nitrogens with two attached hydrogens (primary N) is 1. The quantitative estimate of drug-likeness (QED) is 0.442. The van der Waals surface area contributed by atoms with E-state index in [0.717, 1.165) is 34.6 Å². The normalized spacial score (nSPS) is 26.9. The van der Waals surface area contributed by atoms with Gasteiger partial charge in [0.05, 0.1) is 0 Å². The van der Waals surface area contributed by atoms with Crippen molar-refractivity contribution >= 4 is 52.0 Å². The Kier molecular flexibility index (Phi) is 7.10. The molecule has 2 aliphatic heterocycles. The molecule has 0 bridgehead atoms. The molecule has 2 saturated heterocycles. The Hall–Kier alpha value is -0.971. The summed E-state index contributed by atoms with van der Waals surface area (Å²) in [6.07, 6.45) is 3.93. The first-order chi connectivity index (χ1) is 15.0. The van der Waals surface area contributed by atoms with Crippen LogP contribution in [0, 0.1) is 11.3 Å². The molecule has 4 rings (SSSR count). The summed E-state index contributed by atoms with van der Waals surface area (Å²) in [7, 11) is 0. The van der Waals surface area contributed by atoms with Gasteiger partial charge in [-0.1, -0.05) is 0 Å². The van der Waals surface area contributed by atoms with Crippen LogP contribution in [0.25, 0.3) is 11.0 Å². The Balaban J connectivity index is 1.77. The number of unbranched alkanes of at least 4 members (excludes halogenated alkanes) is 2. The predicted octanol–water partition coefficient (Wildman–Crippen LogP) is 3.36. The first-order valence-electron chi connectivity index (χ1n) is 10.8. The maximum absolute atomic E-state index is 10.0. The van der Waals surface area contributed by atoms with E-state index in [1.165, 1.54) is 6.33 Å². The number of aliphatic hydroxyl groups is 1. The number of ether oxygens (including phenoxy) is 1. The number of hydrogen-bond acceptors (Lipinski definition) is 8. The van der Waals surface area contributed by atoms with E-state index in [1.54, 1.807) is 4.57 Å². The van der Waals surface area contributed by atoms with E-state index in [-0.39, 0.29) is 24.6 Å². The monoisotopic (exact) mass is 601 g/mol. The molecule has 2 aliphatic rings. The minimum atomic E-state index is -3.34. The zero-order chi connectivity index (χ0) is 22.2. The van der Waals surface area contributed by atoms with Crippen molar-refractivity contribution in [2.75, 3.05) is 12.3 Å². The number of hydrogen-bond donors (Lipinski definition) is 2. The molecular weight excluding hydrogens is 573 g/mol. The number of aliphatic hydroxyl groups excluding tert-OH is 1. The fraction of sp³-hybridized carbons (Fsp3) is 0.650. The fourth-order valence-corrected chi connectivity index (χ4v) is 16.9. The molecule has 0 aliphatic carbocycles. The van der Waals surface area contributed by atoms with Gasteiger partial charge >= 0.3 is 196 Å². The summed E-state index contributed by atoms with van der Waals surface area (Å²) in [5.41, 5.74) is 6.91. The van der Waals surface area contributed by atoms with Gasteiger partial charge in [-0.25, -0.2) is 0 Å². The molecule has 2 fully saturated rings. The first kappa shape index (κ1) is 23.2. The molecule has 0 spiro atoms. The second-order valence-electron chi connectivity index (χ2n) is 8.14. The summed E-state index contributed by atoms with van der Waals surface area (Å²) < 4.78 is 24.0. The second-order valence-corrected chi connectivity index (χ2v) is 18.3. The fourth-order valence-electron chi connectivity index (χ4n) is 4.57. The van der Waals surface area contributed by atoms with Gasteiger partial charge < -0.3 is 0 Å². The summed E-state index contributed by atoms with van der Waals surface area (Å²) in [6.45, 7) is 4.19. The zero-order valence-electron chi connectivity index (χ0n) is 17.8. The van der Waals surface area contributed by atoms with Gasteiger partial charge in [0.1, 0.15) is 0 Å². The van der Waals surface area contributed by atoms with E-state index in [0.29, 0.717) is 21.2 Å². The summed E-state index contributed by atoms with van der Waals surface area (Å²) in [4.78, 5) is 8.43. The zero-order valence-corrected chi connectivity index (χ0v) is 22.2. The Bertz CT molecular complexity index is 988. The van der Waals surface area contributed by atoms with Crippen LogP contribution in [-0.2, 0) is 10.9 Å². The van der Waals surface area contributed by atoms with Gasteiger partial charge in [-0.3, -0.25) is 0 Å². The summed E-state index contributed by atoms with van der Waals surface area (Å²) in [5, 5.41) is 20.2. The van der Waals surface area contributed by atoms with Crippen molar-refractivity contribution in [3.05, 3.63) is 16.5 Å². The molecule has 31 heavy (non-hydrogen) atoms. The Morgan fingerprint density at radius 1 is 1.23 bits per heavy atom. The van der Waals surface area contributed by atoms with Gasteiger partial charge in [0.15, 0.2) is 0 Å². The third-order valence-corrected chi connectivity index (χ3v) is 17.3. The van der Waals surface area contributed by atoms with Gasteiger partial charge in [-0.15, -0.1) is 0 Å². The Labute approximate surface area is 195 Å². The van der Waals surface area contributed by atoms with Gasteiger partial charge in [-0.05, 0) is 0 Å². The van der Waals surface area contributed by atoms with Crippen LogP contribution in [0.3, 0.4) is 0 Å². The second kappa shape index (κ2) is 9.49. The van der Waals surface area contributed by atoms with Crippen LogP contribution >= 0.6 is 15.9 Å². The Morgan fingerprint density at radius 3 is 2.52 bits per heavy atom. The number of fused-ring (bicyclic) bond motifs is 2. The van der Waals surface area contributed by atoms with Crippen LogP contribution in [0.5, 0.6) is 0 Å². The first-order valence-corrected chi connectivity index (χ1v) is 18.0. The van der Waals surface area contributed by atoms with Crippen molar-refractivity contribution in [3.63, 3.8) is 0 Å². The van der Waals surface area contributed by atoms with Crippen LogP contribution in [0.15, 0.2) is 10.9 Å². The number of aromatic nitrogens is 3. The van der Waals surface area contributed by atoms with E-state index in [4.69, 9.17) is 16.6 Å². The van der Waals surface area contributed by atoms with Crippen LogP contribution in [0.4, 0.5) is 5.82 Å². The van der Waals surface area contributed by atoms with Crippen LogP contribution in [-0.4, -0.2) is 63.8 Å². The van der Waals surface area contributed by atoms with Crippen LogP contribution in [0.1, 0.15) is 51.3 Å². The van der Waals surface area contributed by atoms with Gasteiger partial charge in [-0.2, -0.15) is 0 Å². The average Bonchev–Trinajstić information content (AvgIpc) is 3.39. The number of halogens is 1. The third kappa shape index (κ3) is 3.98. The molecule has 3 N–H and O–H groups in total. The van der Waals surface area contributed by atoms with Crippen molar-refractivity contribution in [2.45, 2.75) is 72.9 Å². The number of nitriles is 1. The maximum atomic E-state index is 10.0. The van der Waals surface area contributed by atoms with Crippen molar-refractivity contribution in [1.82, 2.24) is 14.5 Å². The molecule has 0 radical (unpaired) electrons. The molecule has 4 atom stereocenters. The third-order valence-electron chi connectivity index (χ3n) is 6.11. The molecule has 11 heteroatoms. The molecule has 0 saturated carbocycles. The summed E-state index contributed by atoms with van der Waals surface area (Å²) in [5.74, 6) is 0.234. The molecule has 2 aromatic heterocycles. The van der Waals surface area contributed by atoms with Crippen LogP contribution < -0.4 is 5.73 Å². The molecule has 0 unspecified atom stereocenters. The SMILES string of the molecule is CCC[CH2][Sn]1([CH2]CCC)[O][C@@H]2[C@H]([O]1)[C@H](CO)O[C@H]2n1c(Br)c(C#N)c2c(N)ncnc21. The summed E-state index contributed by atoms with van der Waals surface area (Å²) in [6, 6.07) is 2.19. The van der Waals surface area contributed by atoms with Crippen molar-refractivity contribution in [3.8, 4) is 6.07 Å².